The van der Waals surface area contributed by atoms with Crippen molar-refractivity contribution >= 4 is 23.5 Å². The van der Waals surface area contributed by atoms with Crippen LogP contribution in [-0.2, 0) is 9.59 Å². The zero-order valence-electron chi connectivity index (χ0n) is 14.3. The van der Waals surface area contributed by atoms with Crippen LogP contribution in [0.1, 0.15) is 38.1 Å². The Balaban J connectivity index is 2.45. The molecule has 0 spiro atoms. The van der Waals surface area contributed by atoms with Gasteiger partial charge in [0.1, 0.15) is 12.3 Å². The van der Waals surface area contributed by atoms with Crippen molar-refractivity contribution < 1.29 is 24.2 Å². The van der Waals surface area contributed by atoms with Gasteiger partial charge in [-0.25, -0.2) is 4.79 Å². The molecule has 7 heteroatoms. The van der Waals surface area contributed by atoms with Gasteiger partial charge in [-0.05, 0) is 45.9 Å². The molecule has 0 saturated heterocycles. The van der Waals surface area contributed by atoms with Gasteiger partial charge < -0.3 is 14.7 Å². The largest absolute Gasteiger partial charge is 0.478 e. The quantitative estimate of drug-likeness (QED) is 0.886. The van der Waals surface area contributed by atoms with Crippen LogP contribution in [0.5, 0.6) is 5.75 Å². The molecule has 0 aromatic heterocycles. The lowest BCUT2D eigenvalue weighted by atomic mass is 10.0. The fraction of sp³-hybridized carbons (Fsp3) is 0.471. The number of likely N-dealkylation sites (N-methyl/N-ethyl adjacent to an activating group) is 1. The molecule has 7 nitrogen and oxygen atoms in total. The van der Waals surface area contributed by atoms with Crippen molar-refractivity contribution in [2.75, 3.05) is 24.5 Å². The van der Waals surface area contributed by atoms with Gasteiger partial charge in [0.25, 0.3) is 5.91 Å². The Morgan fingerprint density at radius 3 is 2.42 bits per heavy atom. The molecule has 0 atom stereocenters. The number of carboxylic acid groups (broad SMARTS) is 1. The average molecular weight is 334 g/mol. The zero-order valence-corrected chi connectivity index (χ0v) is 14.3. The average Bonchev–Trinajstić information content (AvgIpc) is 2.52. The Hall–Kier alpha value is -2.57. The maximum Gasteiger partial charge on any atom is 0.335 e. The van der Waals surface area contributed by atoms with Crippen molar-refractivity contribution in [2.45, 2.75) is 33.3 Å². The summed E-state index contributed by atoms with van der Waals surface area (Å²) < 4.78 is 5.68. The lowest BCUT2D eigenvalue weighted by Gasteiger charge is -2.39. The summed E-state index contributed by atoms with van der Waals surface area (Å²) in [7, 11) is 0. The van der Waals surface area contributed by atoms with Crippen LogP contribution in [0, 0.1) is 0 Å². The van der Waals surface area contributed by atoms with Gasteiger partial charge in [-0.1, -0.05) is 0 Å². The highest BCUT2D eigenvalue weighted by Crippen LogP contribution is 2.38. The summed E-state index contributed by atoms with van der Waals surface area (Å²) in [5.41, 5.74) is -0.786. The number of carbonyl (C=O) groups is 3. The van der Waals surface area contributed by atoms with Gasteiger partial charge in [0.15, 0.2) is 5.60 Å². The van der Waals surface area contributed by atoms with Crippen LogP contribution < -0.4 is 9.64 Å². The summed E-state index contributed by atoms with van der Waals surface area (Å²) in [5, 5.41) is 9.17. The topological polar surface area (TPSA) is 87.2 Å². The van der Waals surface area contributed by atoms with Crippen molar-refractivity contribution in [1.82, 2.24) is 4.90 Å². The lowest BCUT2D eigenvalue weighted by molar-refractivity contribution is -0.136. The summed E-state index contributed by atoms with van der Waals surface area (Å²) in [6, 6.07) is 4.29. The third kappa shape index (κ3) is 3.20. The number of amides is 2. The van der Waals surface area contributed by atoms with Crippen LogP contribution in [0.2, 0.25) is 0 Å². The molecule has 1 heterocycles. The maximum absolute atomic E-state index is 12.7. The number of nitrogens with zero attached hydrogens (tertiary/aromatic N) is 2. The van der Waals surface area contributed by atoms with E-state index in [2.05, 4.69) is 0 Å². The summed E-state index contributed by atoms with van der Waals surface area (Å²) in [6.45, 7) is 7.91. The molecule has 2 rings (SSSR count). The van der Waals surface area contributed by atoms with E-state index in [1.54, 1.807) is 18.7 Å². The number of rotatable bonds is 5. The second-order valence-corrected chi connectivity index (χ2v) is 6.06. The number of hydrogen-bond donors (Lipinski definition) is 1. The van der Waals surface area contributed by atoms with Crippen LogP contribution in [0.3, 0.4) is 0 Å². The van der Waals surface area contributed by atoms with E-state index in [0.717, 1.165) is 0 Å². The van der Waals surface area contributed by atoms with Crippen LogP contribution in [-0.4, -0.2) is 53.0 Å². The Bertz CT molecular complexity index is 680. The van der Waals surface area contributed by atoms with E-state index in [-0.39, 0.29) is 23.9 Å². The number of ether oxygens (including phenoxy) is 1. The minimum atomic E-state index is -1.12. The summed E-state index contributed by atoms with van der Waals surface area (Å²) in [5.74, 6) is -1.29. The summed E-state index contributed by atoms with van der Waals surface area (Å²) in [4.78, 5) is 39.3. The van der Waals surface area contributed by atoms with Crippen molar-refractivity contribution in [3.8, 4) is 5.75 Å². The second-order valence-electron chi connectivity index (χ2n) is 6.06. The molecule has 1 N–H and O–H groups in total. The minimum absolute atomic E-state index is 0.0325. The van der Waals surface area contributed by atoms with Gasteiger partial charge in [-0.3, -0.25) is 14.5 Å². The molecule has 1 aromatic rings. The van der Waals surface area contributed by atoms with Gasteiger partial charge in [0, 0.05) is 13.1 Å². The number of benzene rings is 1. The van der Waals surface area contributed by atoms with Gasteiger partial charge in [-0.2, -0.15) is 0 Å². The van der Waals surface area contributed by atoms with Crippen molar-refractivity contribution in [1.29, 1.82) is 0 Å². The molecular formula is C17H22N2O5. The first-order valence-electron chi connectivity index (χ1n) is 7.87. The molecule has 0 radical (unpaired) electrons. The van der Waals surface area contributed by atoms with E-state index in [1.165, 1.54) is 23.1 Å². The predicted molar refractivity (Wildman–Crippen MR) is 88.4 cm³/mol. The third-order valence-corrected chi connectivity index (χ3v) is 4.03. The summed E-state index contributed by atoms with van der Waals surface area (Å²) in [6.07, 6.45) is 0. The van der Waals surface area contributed by atoms with Gasteiger partial charge in [0.2, 0.25) is 5.91 Å². The van der Waals surface area contributed by atoms with Crippen LogP contribution >= 0.6 is 0 Å². The summed E-state index contributed by atoms with van der Waals surface area (Å²) >= 11 is 0. The van der Waals surface area contributed by atoms with Crippen molar-refractivity contribution in [2.24, 2.45) is 0 Å². The van der Waals surface area contributed by atoms with Gasteiger partial charge in [0.05, 0.1) is 11.3 Å². The molecule has 1 aliphatic rings. The standard InChI is InChI=1S/C17H22N2O5/c1-5-18(6-2)14(20)10-19-12-9-11(15(21)22)7-8-13(12)24-17(3,4)16(19)23/h7-9H,5-6,10H2,1-4H3,(H,21,22). The highest BCUT2D eigenvalue weighted by atomic mass is 16.5. The van der Waals surface area contributed by atoms with Crippen LogP contribution in [0.15, 0.2) is 18.2 Å². The number of carboxylic acids is 1. The van der Waals surface area contributed by atoms with E-state index in [1.807, 2.05) is 13.8 Å². The molecule has 0 aliphatic carbocycles. The number of hydrogen-bond acceptors (Lipinski definition) is 4. The smallest absolute Gasteiger partial charge is 0.335 e. The van der Waals surface area contributed by atoms with Gasteiger partial charge in [-0.15, -0.1) is 0 Å². The molecule has 130 valence electrons. The molecule has 24 heavy (non-hydrogen) atoms. The fourth-order valence-corrected chi connectivity index (χ4v) is 2.67. The van der Waals surface area contributed by atoms with E-state index < -0.39 is 11.6 Å². The first-order valence-corrected chi connectivity index (χ1v) is 7.87. The lowest BCUT2D eigenvalue weighted by Crippen LogP contribution is -2.55. The van der Waals surface area contributed by atoms with E-state index in [9.17, 15) is 14.4 Å². The Labute approximate surface area is 140 Å². The number of anilines is 1. The fourth-order valence-electron chi connectivity index (χ4n) is 2.67. The monoisotopic (exact) mass is 334 g/mol. The number of fused-ring (bicyclic) bond motifs is 1. The predicted octanol–water partition coefficient (Wildman–Crippen LogP) is 1.76. The van der Waals surface area contributed by atoms with Gasteiger partial charge >= 0.3 is 5.97 Å². The van der Waals surface area contributed by atoms with Crippen LogP contribution in [0.4, 0.5) is 5.69 Å². The zero-order chi connectivity index (χ0) is 18.1. The molecule has 0 saturated carbocycles. The normalized spacial score (nSPS) is 15.5. The Morgan fingerprint density at radius 2 is 1.88 bits per heavy atom. The molecule has 1 aliphatic heterocycles. The first kappa shape index (κ1) is 17.8. The van der Waals surface area contributed by atoms with Crippen molar-refractivity contribution in [3.63, 3.8) is 0 Å². The molecular weight excluding hydrogens is 312 g/mol. The minimum Gasteiger partial charge on any atom is -0.478 e. The van der Waals surface area contributed by atoms with E-state index >= 15 is 0 Å². The molecule has 0 fully saturated rings. The third-order valence-electron chi connectivity index (χ3n) is 4.03. The Kier molecular flexibility index (Phi) is 4.82. The number of carbonyl (C=O) groups excluding carboxylic acids is 2. The molecule has 0 bridgehead atoms. The van der Waals surface area contributed by atoms with Crippen LogP contribution in [0.25, 0.3) is 0 Å². The van der Waals surface area contributed by atoms with E-state index in [4.69, 9.17) is 9.84 Å². The SMILES string of the molecule is CCN(CC)C(=O)CN1C(=O)C(C)(C)Oc2ccc(C(=O)O)cc21. The molecule has 2 amide bonds. The maximum atomic E-state index is 12.7. The van der Waals surface area contributed by atoms with E-state index in [0.29, 0.717) is 24.5 Å². The number of aromatic carboxylic acids is 1. The molecule has 0 unspecified atom stereocenters. The second kappa shape index (κ2) is 6.51. The first-order chi connectivity index (χ1) is 11.2. The van der Waals surface area contributed by atoms with Crippen molar-refractivity contribution in [3.05, 3.63) is 23.8 Å². The highest BCUT2D eigenvalue weighted by molar-refractivity contribution is 6.06. The Morgan fingerprint density at radius 1 is 1.25 bits per heavy atom. The highest BCUT2D eigenvalue weighted by Gasteiger charge is 2.42. The molecule has 1 aromatic carbocycles.